The topological polar surface area (TPSA) is 133 Å². The van der Waals surface area contributed by atoms with Crippen LogP contribution in [-0.2, 0) is 19.6 Å². The zero-order valence-corrected chi connectivity index (χ0v) is 22.2. The van der Waals surface area contributed by atoms with Crippen LogP contribution in [0.15, 0.2) is 73.8 Å². The van der Waals surface area contributed by atoms with Crippen molar-refractivity contribution in [3.63, 3.8) is 0 Å². The molecule has 0 saturated carbocycles. The fraction of sp³-hybridized carbons (Fsp3) is 0.346. The SMILES string of the molecule is CCN(CC)S(=O)(=O)c1cccc(NC(=O)CSC2=C(C#N)C(c3ccco3)C3=C(CCCC3=O)N2)c1. The number of hydrogen-bond donors (Lipinski definition) is 2. The first-order valence-electron chi connectivity index (χ1n) is 12.0. The van der Waals surface area contributed by atoms with E-state index in [1.54, 1.807) is 38.1 Å². The molecular weight excluding hydrogens is 512 g/mol. The number of nitrogens with zero attached hydrogens (tertiary/aromatic N) is 2. The molecule has 37 heavy (non-hydrogen) atoms. The van der Waals surface area contributed by atoms with E-state index in [4.69, 9.17) is 4.42 Å². The number of Topliss-reactive ketones (excluding diaryl/α,β-unsaturated/α-hetero) is 1. The molecule has 0 radical (unpaired) electrons. The van der Waals surface area contributed by atoms with E-state index in [-0.39, 0.29) is 22.3 Å². The Balaban J connectivity index is 1.52. The molecule has 194 valence electrons. The van der Waals surface area contributed by atoms with Crippen molar-refractivity contribution in [2.75, 3.05) is 24.2 Å². The average Bonchev–Trinajstić information content (AvgIpc) is 3.42. The van der Waals surface area contributed by atoms with Gasteiger partial charge in [0.2, 0.25) is 15.9 Å². The normalized spacial score (nSPS) is 17.9. The van der Waals surface area contributed by atoms with E-state index in [1.165, 1.54) is 22.7 Å². The molecule has 1 amide bonds. The molecule has 2 N–H and O–H groups in total. The van der Waals surface area contributed by atoms with Crippen LogP contribution in [0.1, 0.15) is 44.8 Å². The molecule has 2 heterocycles. The second kappa shape index (κ2) is 11.4. The van der Waals surface area contributed by atoms with Crippen LogP contribution in [0.2, 0.25) is 0 Å². The highest BCUT2D eigenvalue weighted by Gasteiger charge is 2.38. The van der Waals surface area contributed by atoms with E-state index in [0.29, 0.717) is 60.0 Å². The second-order valence-corrected chi connectivity index (χ2v) is 11.5. The molecule has 1 aromatic heterocycles. The van der Waals surface area contributed by atoms with Crippen molar-refractivity contribution in [1.29, 1.82) is 5.26 Å². The summed E-state index contributed by atoms with van der Waals surface area (Å²) in [7, 11) is -3.66. The standard InChI is InChI=1S/C26H28N4O5S2/c1-3-30(4-2)37(33,34)18-9-5-8-17(14-18)28-23(32)16-36-26-19(15-27)24(22-12-7-13-35-22)25-20(29-26)10-6-11-21(25)31/h5,7-9,12-14,24,29H,3-4,6,10-11,16H2,1-2H3,(H,28,32). The molecule has 9 nitrogen and oxygen atoms in total. The van der Waals surface area contributed by atoms with Crippen LogP contribution < -0.4 is 10.6 Å². The van der Waals surface area contributed by atoms with Gasteiger partial charge in [-0.05, 0) is 43.2 Å². The lowest BCUT2D eigenvalue weighted by Crippen LogP contribution is -2.31. The van der Waals surface area contributed by atoms with Gasteiger partial charge in [0.05, 0.1) is 39.5 Å². The fourth-order valence-electron chi connectivity index (χ4n) is 4.56. The van der Waals surface area contributed by atoms with Crippen molar-refractivity contribution in [3.05, 3.63) is 70.3 Å². The van der Waals surface area contributed by atoms with Gasteiger partial charge >= 0.3 is 0 Å². The second-order valence-electron chi connectivity index (χ2n) is 8.55. The summed E-state index contributed by atoms with van der Waals surface area (Å²) in [5, 5.41) is 16.5. The van der Waals surface area contributed by atoms with E-state index < -0.39 is 15.9 Å². The highest BCUT2D eigenvalue weighted by molar-refractivity contribution is 8.03. The Morgan fingerprint density at radius 3 is 2.70 bits per heavy atom. The van der Waals surface area contributed by atoms with Crippen LogP contribution in [0.5, 0.6) is 0 Å². The van der Waals surface area contributed by atoms with E-state index >= 15 is 0 Å². The third kappa shape index (κ3) is 5.51. The van der Waals surface area contributed by atoms with Gasteiger partial charge in [0.15, 0.2) is 5.78 Å². The summed E-state index contributed by atoms with van der Waals surface area (Å²) in [4.78, 5) is 25.7. The summed E-state index contributed by atoms with van der Waals surface area (Å²) in [5.74, 6) is -0.500. The summed E-state index contributed by atoms with van der Waals surface area (Å²) in [5.41, 5.74) is 2.00. The Morgan fingerprint density at radius 2 is 2.03 bits per heavy atom. The van der Waals surface area contributed by atoms with E-state index in [1.807, 2.05) is 0 Å². The summed E-state index contributed by atoms with van der Waals surface area (Å²) in [6, 6.07) is 11.8. The highest BCUT2D eigenvalue weighted by Crippen LogP contribution is 2.44. The van der Waals surface area contributed by atoms with Crippen molar-refractivity contribution < 1.29 is 22.4 Å². The van der Waals surface area contributed by atoms with Crippen molar-refractivity contribution in [2.45, 2.75) is 43.9 Å². The molecule has 1 unspecified atom stereocenters. The van der Waals surface area contributed by atoms with Gasteiger partial charge < -0.3 is 15.1 Å². The molecule has 0 fully saturated rings. The first-order chi connectivity index (χ1) is 17.8. The Hall–Kier alpha value is -3.33. The van der Waals surface area contributed by atoms with Crippen LogP contribution in [0.4, 0.5) is 5.69 Å². The number of carbonyl (C=O) groups is 2. The maximum Gasteiger partial charge on any atom is 0.243 e. The summed E-state index contributed by atoms with van der Waals surface area (Å²) >= 11 is 1.16. The number of nitriles is 1. The summed E-state index contributed by atoms with van der Waals surface area (Å²) in [6.07, 6.45) is 3.31. The number of benzene rings is 1. The number of ketones is 1. The van der Waals surface area contributed by atoms with Crippen LogP contribution in [0.3, 0.4) is 0 Å². The number of nitrogens with one attached hydrogen (secondary N) is 2. The maximum atomic E-state index is 12.8. The van der Waals surface area contributed by atoms with E-state index in [0.717, 1.165) is 17.5 Å². The highest BCUT2D eigenvalue weighted by atomic mass is 32.2. The van der Waals surface area contributed by atoms with Gasteiger partial charge in [-0.2, -0.15) is 9.57 Å². The van der Waals surface area contributed by atoms with Crippen molar-refractivity contribution in [1.82, 2.24) is 9.62 Å². The summed E-state index contributed by atoms with van der Waals surface area (Å²) in [6.45, 7) is 4.23. The zero-order valence-electron chi connectivity index (χ0n) is 20.6. The molecule has 1 atom stereocenters. The van der Waals surface area contributed by atoms with E-state index in [9.17, 15) is 23.3 Å². The Bertz CT molecular complexity index is 1400. The van der Waals surface area contributed by atoms with Gasteiger partial charge in [0.25, 0.3) is 0 Å². The number of sulfonamides is 1. The van der Waals surface area contributed by atoms with E-state index in [2.05, 4.69) is 16.7 Å². The monoisotopic (exact) mass is 540 g/mol. The first kappa shape index (κ1) is 26.7. The zero-order chi connectivity index (χ0) is 26.6. The van der Waals surface area contributed by atoms with Crippen LogP contribution in [0.25, 0.3) is 0 Å². The first-order valence-corrected chi connectivity index (χ1v) is 14.5. The predicted molar refractivity (Wildman–Crippen MR) is 141 cm³/mol. The minimum atomic E-state index is -3.66. The fourth-order valence-corrected chi connectivity index (χ4v) is 6.93. The molecule has 0 saturated heterocycles. The quantitative estimate of drug-likeness (QED) is 0.486. The van der Waals surface area contributed by atoms with Gasteiger partial charge in [-0.15, -0.1) is 0 Å². The molecule has 11 heteroatoms. The Morgan fingerprint density at radius 1 is 1.24 bits per heavy atom. The number of hydrogen-bond acceptors (Lipinski definition) is 8. The van der Waals surface area contributed by atoms with Crippen LogP contribution >= 0.6 is 11.8 Å². The smallest absolute Gasteiger partial charge is 0.243 e. The van der Waals surface area contributed by atoms with Crippen LogP contribution in [-0.4, -0.2) is 43.3 Å². The molecule has 4 rings (SSSR count). The minimum Gasteiger partial charge on any atom is -0.468 e. The molecule has 1 aliphatic heterocycles. The van der Waals surface area contributed by atoms with Crippen LogP contribution in [0, 0.1) is 11.3 Å². The molecule has 1 aliphatic carbocycles. The number of anilines is 1. The predicted octanol–water partition coefficient (Wildman–Crippen LogP) is 4.11. The lowest BCUT2D eigenvalue weighted by Gasteiger charge is -2.32. The number of thioether (sulfide) groups is 1. The lowest BCUT2D eigenvalue weighted by molar-refractivity contribution is -0.116. The maximum absolute atomic E-state index is 12.8. The number of furan rings is 1. The van der Waals surface area contributed by atoms with Gasteiger partial charge in [-0.25, -0.2) is 8.42 Å². The van der Waals surface area contributed by atoms with Crippen molar-refractivity contribution in [2.24, 2.45) is 0 Å². The van der Waals surface area contributed by atoms with Gasteiger partial charge in [-0.1, -0.05) is 31.7 Å². The lowest BCUT2D eigenvalue weighted by atomic mass is 9.79. The molecule has 1 aromatic carbocycles. The van der Waals surface area contributed by atoms with Gasteiger partial charge in [0.1, 0.15) is 5.76 Å². The Kier molecular flexibility index (Phi) is 8.22. The number of amides is 1. The molecule has 0 spiro atoms. The number of carbonyl (C=O) groups excluding carboxylic acids is 2. The molecule has 0 bridgehead atoms. The summed E-state index contributed by atoms with van der Waals surface area (Å²) < 4.78 is 32.6. The number of dihydropyridines is 1. The molecule has 2 aliphatic rings. The number of rotatable bonds is 9. The third-order valence-corrected chi connectivity index (χ3v) is 9.36. The largest absolute Gasteiger partial charge is 0.468 e. The minimum absolute atomic E-state index is 0.00996. The van der Waals surface area contributed by atoms with Gasteiger partial charge in [0, 0.05) is 36.5 Å². The Labute approximate surface area is 220 Å². The average molecular weight is 541 g/mol. The third-order valence-electron chi connectivity index (χ3n) is 6.30. The van der Waals surface area contributed by atoms with Crippen molar-refractivity contribution in [3.8, 4) is 6.07 Å². The van der Waals surface area contributed by atoms with Crippen molar-refractivity contribution >= 4 is 39.2 Å². The van der Waals surface area contributed by atoms with Gasteiger partial charge in [-0.3, -0.25) is 9.59 Å². The molecular formula is C26H28N4O5S2. The number of allylic oxidation sites excluding steroid dienone is 3. The molecule has 2 aromatic rings.